The maximum absolute atomic E-state index is 6.44. The maximum atomic E-state index is 6.44. The Bertz CT molecular complexity index is 765. The molecule has 29 heavy (non-hydrogen) atoms. The average molecular weight is 408 g/mol. The number of hydrogen-bond acceptors (Lipinski definition) is 8. The summed E-state index contributed by atoms with van der Waals surface area (Å²) in [4.78, 5) is 0. The van der Waals surface area contributed by atoms with E-state index in [9.17, 15) is 0 Å². The molecule has 4 rings (SSSR count). The SMILES string of the molecule is COC[C@H]1O[C@@H](OC23C=CC(O2)c2c(OC)ccc(OC)c23)C[C@@H](OC)[C@@H]1OC. The van der Waals surface area contributed by atoms with Gasteiger partial charge in [0.1, 0.15) is 29.8 Å². The second-order valence-corrected chi connectivity index (χ2v) is 7.21. The van der Waals surface area contributed by atoms with Crippen LogP contribution >= 0.6 is 0 Å². The highest BCUT2D eigenvalue weighted by molar-refractivity contribution is 5.59. The first-order valence-corrected chi connectivity index (χ1v) is 9.61. The van der Waals surface area contributed by atoms with E-state index >= 15 is 0 Å². The van der Waals surface area contributed by atoms with E-state index < -0.39 is 12.1 Å². The molecule has 0 radical (unpaired) electrons. The summed E-state index contributed by atoms with van der Waals surface area (Å²) in [6.45, 7) is 0.359. The lowest BCUT2D eigenvalue weighted by Crippen LogP contribution is -2.53. The van der Waals surface area contributed by atoms with E-state index in [1.807, 2.05) is 24.3 Å². The van der Waals surface area contributed by atoms with Crippen LogP contribution in [0, 0.1) is 0 Å². The predicted molar refractivity (Wildman–Crippen MR) is 102 cm³/mol. The lowest BCUT2D eigenvalue weighted by atomic mass is 9.92. The zero-order valence-corrected chi connectivity index (χ0v) is 17.4. The van der Waals surface area contributed by atoms with Gasteiger partial charge in [0.25, 0.3) is 0 Å². The number of fused-ring (bicyclic) bond motifs is 5. The molecule has 8 nitrogen and oxygen atoms in total. The Balaban J connectivity index is 1.65. The van der Waals surface area contributed by atoms with Gasteiger partial charge in [0.15, 0.2) is 6.29 Å². The summed E-state index contributed by atoms with van der Waals surface area (Å²) in [6.07, 6.45) is 2.71. The monoisotopic (exact) mass is 408 g/mol. The highest BCUT2D eigenvalue weighted by Crippen LogP contribution is 2.57. The zero-order chi connectivity index (χ0) is 20.6. The fraction of sp³-hybridized carbons (Fsp3) is 0.619. The molecule has 0 aliphatic carbocycles. The Hall–Kier alpha value is -1.68. The summed E-state index contributed by atoms with van der Waals surface area (Å²) < 4.78 is 46.6. The molecule has 3 aliphatic rings. The predicted octanol–water partition coefficient (Wildman–Crippen LogP) is 2.31. The van der Waals surface area contributed by atoms with Crippen LogP contribution in [0.2, 0.25) is 0 Å². The molecule has 1 aromatic carbocycles. The Morgan fingerprint density at radius 3 is 2.45 bits per heavy atom. The molecular formula is C21H28O8. The minimum absolute atomic E-state index is 0.204. The number of methoxy groups -OCH3 is 5. The van der Waals surface area contributed by atoms with Crippen molar-refractivity contribution in [3.8, 4) is 11.5 Å². The Morgan fingerprint density at radius 2 is 1.79 bits per heavy atom. The van der Waals surface area contributed by atoms with Crippen LogP contribution in [0.3, 0.4) is 0 Å². The van der Waals surface area contributed by atoms with Crippen LogP contribution in [0.5, 0.6) is 11.5 Å². The first-order valence-electron chi connectivity index (χ1n) is 9.61. The van der Waals surface area contributed by atoms with Crippen molar-refractivity contribution in [2.75, 3.05) is 42.2 Å². The van der Waals surface area contributed by atoms with E-state index in [0.717, 1.165) is 16.9 Å². The van der Waals surface area contributed by atoms with Crippen molar-refractivity contribution in [1.82, 2.24) is 0 Å². The molecule has 1 aromatic rings. The van der Waals surface area contributed by atoms with Crippen molar-refractivity contribution >= 4 is 0 Å². The normalized spacial score (nSPS) is 35.0. The van der Waals surface area contributed by atoms with Crippen LogP contribution in [-0.2, 0) is 34.2 Å². The van der Waals surface area contributed by atoms with E-state index in [1.165, 1.54) is 0 Å². The van der Waals surface area contributed by atoms with E-state index in [4.69, 9.17) is 37.9 Å². The van der Waals surface area contributed by atoms with Gasteiger partial charge in [-0.05, 0) is 24.3 Å². The summed E-state index contributed by atoms with van der Waals surface area (Å²) in [5.74, 6) is 0.298. The van der Waals surface area contributed by atoms with Crippen LogP contribution in [0.25, 0.3) is 0 Å². The fourth-order valence-electron chi connectivity index (χ4n) is 4.47. The third-order valence-electron chi connectivity index (χ3n) is 5.73. The smallest absolute Gasteiger partial charge is 0.222 e. The third kappa shape index (κ3) is 3.34. The molecule has 0 amide bonds. The summed E-state index contributed by atoms with van der Waals surface area (Å²) >= 11 is 0. The molecule has 0 saturated carbocycles. The van der Waals surface area contributed by atoms with E-state index in [2.05, 4.69) is 0 Å². The fourth-order valence-corrected chi connectivity index (χ4v) is 4.47. The molecule has 0 spiro atoms. The van der Waals surface area contributed by atoms with Crippen LogP contribution in [0.4, 0.5) is 0 Å². The Kier molecular flexibility index (Phi) is 5.83. The molecular weight excluding hydrogens is 380 g/mol. The number of ether oxygens (including phenoxy) is 8. The lowest BCUT2D eigenvalue weighted by molar-refractivity contribution is -0.333. The van der Waals surface area contributed by atoms with Crippen LogP contribution < -0.4 is 9.47 Å². The summed E-state index contributed by atoms with van der Waals surface area (Å²) in [7, 11) is 8.18. The van der Waals surface area contributed by atoms with E-state index in [1.54, 1.807) is 35.5 Å². The van der Waals surface area contributed by atoms with Crippen molar-refractivity contribution in [2.45, 2.75) is 42.9 Å². The molecule has 3 aliphatic heterocycles. The van der Waals surface area contributed by atoms with Crippen LogP contribution in [0.1, 0.15) is 23.7 Å². The van der Waals surface area contributed by atoms with Crippen LogP contribution in [0.15, 0.2) is 24.3 Å². The minimum atomic E-state index is -1.11. The molecule has 160 valence electrons. The van der Waals surface area contributed by atoms with Gasteiger partial charge in [0, 0.05) is 33.3 Å². The number of hydrogen-bond donors (Lipinski definition) is 0. The summed E-state index contributed by atoms with van der Waals surface area (Å²) in [5.41, 5.74) is 1.72. The summed E-state index contributed by atoms with van der Waals surface area (Å²) in [5, 5.41) is 0. The molecule has 6 atom stereocenters. The Morgan fingerprint density at radius 1 is 1.03 bits per heavy atom. The van der Waals surface area contributed by atoms with Crippen molar-refractivity contribution in [3.05, 3.63) is 35.4 Å². The summed E-state index contributed by atoms with van der Waals surface area (Å²) in [6, 6.07) is 3.73. The maximum Gasteiger partial charge on any atom is 0.222 e. The molecule has 8 heteroatoms. The van der Waals surface area contributed by atoms with Gasteiger partial charge in [-0.15, -0.1) is 0 Å². The van der Waals surface area contributed by atoms with Gasteiger partial charge < -0.3 is 37.9 Å². The van der Waals surface area contributed by atoms with Gasteiger partial charge >= 0.3 is 0 Å². The average Bonchev–Trinajstić information content (AvgIpc) is 3.30. The highest BCUT2D eigenvalue weighted by Gasteiger charge is 2.54. The quantitative estimate of drug-likeness (QED) is 0.607. The van der Waals surface area contributed by atoms with Crippen LogP contribution in [-0.4, -0.2) is 66.8 Å². The largest absolute Gasteiger partial charge is 0.496 e. The van der Waals surface area contributed by atoms with Crippen molar-refractivity contribution in [1.29, 1.82) is 0 Å². The first-order chi connectivity index (χ1) is 14.1. The standard InChI is InChI=1S/C21H28O8/c1-22-11-16-20(26-5)15(25-4)10-17(27-16)29-21-9-8-13(28-21)18-12(23-2)6-7-14(24-3)19(18)21/h6-9,13,15-17,20H,10-11H2,1-5H3/t13?,15-,16-,17+,20+,21?/m1/s1. The Labute approximate surface area is 170 Å². The number of benzene rings is 1. The van der Waals surface area contributed by atoms with E-state index in [-0.39, 0.29) is 24.4 Å². The molecule has 0 N–H and O–H groups in total. The topological polar surface area (TPSA) is 73.8 Å². The zero-order valence-electron chi connectivity index (χ0n) is 17.4. The van der Waals surface area contributed by atoms with E-state index in [0.29, 0.717) is 18.8 Å². The molecule has 2 bridgehead atoms. The number of rotatable bonds is 8. The van der Waals surface area contributed by atoms with Crippen molar-refractivity contribution < 1.29 is 37.9 Å². The lowest BCUT2D eigenvalue weighted by Gasteiger charge is -2.42. The van der Waals surface area contributed by atoms with Gasteiger partial charge in [-0.3, -0.25) is 0 Å². The van der Waals surface area contributed by atoms with Gasteiger partial charge in [0.2, 0.25) is 5.79 Å². The molecule has 2 unspecified atom stereocenters. The minimum Gasteiger partial charge on any atom is -0.496 e. The molecule has 0 aromatic heterocycles. The second-order valence-electron chi connectivity index (χ2n) is 7.21. The van der Waals surface area contributed by atoms with Gasteiger partial charge in [-0.25, -0.2) is 0 Å². The van der Waals surface area contributed by atoms with Gasteiger partial charge in [-0.2, -0.15) is 0 Å². The first kappa shape index (κ1) is 20.6. The second kappa shape index (κ2) is 8.22. The highest BCUT2D eigenvalue weighted by atomic mass is 16.8. The molecule has 1 fully saturated rings. The van der Waals surface area contributed by atoms with Crippen molar-refractivity contribution in [2.24, 2.45) is 0 Å². The van der Waals surface area contributed by atoms with Gasteiger partial charge in [0.05, 0.1) is 32.5 Å². The third-order valence-corrected chi connectivity index (χ3v) is 5.73. The molecule has 3 heterocycles. The van der Waals surface area contributed by atoms with Crippen molar-refractivity contribution in [3.63, 3.8) is 0 Å². The van der Waals surface area contributed by atoms with Gasteiger partial charge in [-0.1, -0.05) is 0 Å². The molecule has 1 saturated heterocycles.